The lowest BCUT2D eigenvalue weighted by molar-refractivity contribution is -0.171. The van der Waals surface area contributed by atoms with Crippen molar-refractivity contribution in [2.45, 2.75) is 83.3 Å². The molecule has 1 saturated heterocycles. The summed E-state index contributed by atoms with van der Waals surface area (Å²) in [5, 5.41) is 0. The van der Waals surface area contributed by atoms with Crippen molar-refractivity contribution in [3.05, 3.63) is 12.2 Å². The van der Waals surface area contributed by atoms with Crippen molar-refractivity contribution in [1.29, 1.82) is 0 Å². The summed E-state index contributed by atoms with van der Waals surface area (Å²) < 4.78 is 5.43. The maximum Gasteiger partial charge on any atom is 0.333 e. The summed E-state index contributed by atoms with van der Waals surface area (Å²) in [5.74, 6) is 0.829. The van der Waals surface area contributed by atoms with Crippen LogP contribution in [0.1, 0.15) is 71.1 Å². The molecule has 4 unspecified atom stereocenters. The third kappa shape index (κ3) is 3.34. The number of carbonyl (C=O) groups is 3. The van der Waals surface area contributed by atoms with E-state index in [0.29, 0.717) is 43.1 Å². The average molecular weight is 373 g/mol. The molecule has 0 aromatic rings. The number of amides is 2. The van der Waals surface area contributed by atoms with Crippen molar-refractivity contribution in [2.75, 3.05) is 0 Å². The lowest BCUT2D eigenvalue weighted by Crippen LogP contribution is -2.65. The van der Waals surface area contributed by atoms with E-state index in [1.165, 1.54) is 25.7 Å². The molecule has 3 aliphatic carbocycles. The van der Waals surface area contributed by atoms with Gasteiger partial charge in [0.1, 0.15) is 6.10 Å². The standard InChI is InChI=1S/C22H31NO4/c1-13(2)22(26)27-17-10-8-14(9-11-17)20(24)23-19-16-7-5-3-4-6-15(12-16)18(19)21(23)25/h14-19H,1,3-12H2,2H3. The Balaban J connectivity index is 1.36. The largest absolute Gasteiger partial charge is 0.459 e. The first-order valence-corrected chi connectivity index (χ1v) is 10.7. The van der Waals surface area contributed by atoms with Gasteiger partial charge in [-0.3, -0.25) is 14.5 Å². The van der Waals surface area contributed by atoms with Crippen LogP contribution in [0, 0.1) is 23.7 Å². The molecule has 4 fully saturated rings. The molecule has 4 rings (SSSR count). The summed E-state index contributed by atoms with van der Waals surface area (Å²) in [4.78, 5) is 39.2. The van der Waals surface area contributed by atoms with Crippen molar-refractivity contribution < 1.29 is 19.1 Å². The number of β-lactam (4-membered cyclic amide) rings is 1. The Hall–Kier alpha value is -1.65. The molecule has 0 spiro atoms. The van der Waals surface area contributed by atoms with Gasteiger partial charge in [0.05, 0.1) is 12.0 Å². The molecule has 148 valence electrons. The fourth-order valence-corrected chi connectivity index (χ4v) is 5.90. The predicted octanol–water partition coefficient (Wildman–Crippen LogP) is 3.62. The zero-order valence-corrected chi connectivity index (χ0v) is 16.3. The first-order valence-electron chi connectivity index (χ1n) is 10.7. The van der Waals surface area contributed by atoms with E-state index in [2.05, 4.69) is 6.58 Å². The summed E-state index contributed by atoms with van der Waals surface area (Å²) in [6.45, 7) is 5.26. The maximum absolute atomic E-state index is 13.1. The highest BCUT2D eigenvalue weighted by atomic mass is 16.5. The predicted molar refractivity (Wildman–Crippen MR) is 100 cm³/mol. The third-order valence-electron chi connectivity index (χ3n) is 7.32. The summed E-state index contributed by atoms with van der Waals surface area (Å²) >= 11 is 0. The minimum atomic E-state index is -0.351. The van der Waals surface area contributed by atoms with Gasteiger partial charge < -0.3 is 4.74 Å². The van der Waals surface area contributed by atoms with E-state index >= 15 is 0 Å². The van der Waals surface area contributed by atoms with E-state index in [9.17, 15) is 14.4 Å². The van der Waals surface area contributed by atoms with E-state index in [-0.39, 0.29) is 41.8 Å². The molecule has 2 bridgehead atoms. The number of esters is 1. The van der Waals surface area contributed by atoms with Crippen LogP contribution in [0.4, 0.5) is 0 Å². The van der Waals surface area contributed by atoms with Crippen LogP contribution in [0.25, 0.3) is 0 Å². The van der Waals surface area contributed by atoms with E-state index in [4.69, 9.17) is 4.74 Å². The molecule has 27 heavy (non-hydrogen) atoms. The molecule has 2 amide bonds. The highest BCUT2D eigenvalue weighted by molar-refractivity contribution is 6.03. The summed E-state index contributed by atoms with van der Waals surface area (Å²) in [5.41, 5.74) is 0.407. The number of nitrogens with zero attached hydrogens (tertiary/aromatic N) is 1. The van der Waals surface area contributed by atoms with Crippen LogP contribution >= 0.6 is 0 Å². The number of ether oxygens (including phenoxy) is 1. The van der Waals surface area contributed by atoms with Gasteiger partial charge in [-0.25, -0.2) is 4.79 Å². The maximum atomic E-state index is 13.1. The molecule has 5 heteroatoms. The lowest BCUT2D eigenvalue weighted by Gasteiger charge is -2.47. The van der Waals surface area contributed by atoms with Gasteiger partial charge in [-0.15, -0.1) is 0 Å². The number of carbonyl (C=O) groups excluding carboxylic acids is 3. The van der Waals surface area contributed by atoms with Crippen LogP contribution in [0.3, 0.4) is 0 Å². The number of fused-ring (bicyclic) bond motifs is 5. The van der Waals surface area contributed by atoms with Gasteiger partial charge in [-0.2, -0.15) is 0 Å². The summed E-state index contributed by atoms with van der Waals surface area (Å²) in [7, 11) is 0. The number of hydrogen-bond acceptors (Lipinski definition) is 4. The minimum Gasteiger partial charge on any atom is -0.459 e. The summed E-state index contributed by atoms with van der Waals surface area (Å²) in [6.07, 6.45) is 9.83. The Morgan fingerprint density at radius 1 is 1.00 bits per heavy atom. The van der Waals surface area contributed by atoms with Crippen molar-refractivity contribution in [1.82, 2.24) is 4.90 Å². The minimum absolute atomic E-state index is 0.0378. The van der Waals surface area contributed by atoms with Gasteiger partial charge in [-0.1, -0.05) is 25.8 Å². The molecule has 0 N–H and O–H groups in total. The molecule has 1 aliphatic heterocycles. The number of hydrogen-bond donors (Lipinski definition) is 0. The molecule has 1 heterocycles. The number of rotatable bonds is 3. The molecule has 4 aliphatic rings. The molecule has 4 atom stereocenters. The first kappa shape index (κ1) is 18.7. The van der Waals surface area contributed by atoms with Crippen LogP contribution in [-0.4, -0.2) is 34.8 Å². The second kappa shape index (κ2) is 7.40. The molecule has 0 aromatic heterocycles. The molecule has 5 nitrogen and oxygen atoms in total. The second-order valence-electron chi connectivity index (χ2n) is 9.12. The highest BCUT2D eigenvalue weighted by Gasteiger charge is 2.61. The lowest BCUT2D eigenvalue weighted by atomic mass is 9.78. The van der Waals surface area contributed by atoms with Gasteiger partial charge in [0.25, 0.3) is 0 Å². The quantitative estimate of drug-likeness (QED) is 0.328. The van der Waals surface area contributed by atoms with E-state index < -0.39 is 0 Å². The fourth-order valence-electron chi connectivity index (χ4n) is 5.90. The van der Waals surface area contributed by atoms with Crippen LogP contribution in [0.5, 0.6) is 0 Å². The van der Waals surface area contributed by atoms with Crippen LogP contribution in [0.2, 0.25) is 0 Å². The second-order valence-corrected chi connectivity index (χ2v) is 9.12. The zero-order valence-electron chi connectivity index (χ0n) is 16.3. The zero-order chi connectivity index (χ0) is 19.1. The Morgan fingerprint density at radius 2 is 1.67 bits per heavy atom. The van der Waals surface area contributed by atoms with E-state index in [1.54, 1.807) is 11.8 Å². The first-order chi connectivity index (χ1) is 13.0. The topological polar surface area (TPSA) is 63.7 Å². The molecule has 0 aromatic carbocycles. The average Bonchev–Trinajstić information content (AvgIpc) is 2.96. The normalized spacial score (nSPS) is 38.3. The number of imide groups is 1. The third-order valence-corrected chi connectivity index (χ3v) is 7.32. The van der Waals surface area contributed by atoms with Gasteiger partial charge >= 0.3 is 5.97 Å². The van der Waals surface area contributed by atoms with E-state index in [1.807, 2.05) is 0 Å². The Kier molecular flexibility index (Phi) is 5.13. The SMILES string of the molecule is C=C(C)C(=O)OC1CCC(C(=O)N2C(=O)C3C4CCCCCC(C4)C32)CC1. The van der Waals surface area contributed by atoms with Gasteiger partial charge in [0, 0.05) is 11.5 Å². The Bertz CT molecular complexity index is 649. The van der Waals surface area contributed by atoms with Gasteiger partial charge in [-0.05, 0) is 63.7 Å². The fraction of sp³-hybridized carbons (Fsp3) is 0.773. The monoisotopic (exact) mass is 373 g/mol. The summed E-state index contributed by atoms with van der Waals surface area (Å²) in [6, 6.07) is 0.173. The molecule has 3 saturated carbocycles. The van der Waals surface area contributed by atoms with Crippen molar-refractivity contribution in [2.24, 2.45) is 23.7 Å². The van der Waals surface area contributed by atoms with Crippen LogP contribution in [-0.2, 0) is 19.1 Å². The molecular formula is C22H31NO4. The van der Waals surface area contributed by atoms with Gasteiger partial charge in [0.15, 0.2) is 0 Å². The van der Waals surface area contributed by atoms with Gasteiger partial charge in [0.2, 0.25) is 11.8 Å². The van der Waals surface area contributed by atoms with Crippen molar-refractivity contribution in [3.63, 3.8) is 0 Å². The van der Waals surface area contributed by atoms with Crippen LogP contribution in [0.15, 0.2) is 12.2 Å². The van der Waals surface area contributed by atoms with Crippen LogP contribution < -0.4 is 0 Å². The van der Waals surface area contributed by atoms with Crippen molar-refractivity contribution in [3.8, 4) is 0 Å². The smallest absolute Gasteiger partial charge is 0.333 e. The molecular weight excluding hydrogens is 342 g/mol. The Labute approximate surface area is 161 Å². The molecule has 0 radical (unpaired) electrons. The highest BCUT2D eigenvalue weighted by Crippen LogP contribution is 2.53. The number of likely N-dealkylation sites (tertiary alicyclic amines) is 1. The van der Waals surface area contributed by atoms with E-state index in [0.717, 1.165) is 12.8 Å². The van der Waals surface area contributed by atoms with Crippen molar-refractivity contribution >= 4 is 17.8 Å². The Morgan fingerprint density at radius 3 is 2.33 bits per heavy atom.